The van der Waals surface area contributed by atoms with Gasteiger partial charge in [-0.1, -0.05) is 18.9 Å². The first-order valence-electron chi connectivity index (χ1n) is 14.4. The van der Waals surface area contributed by atoms with Crippen LogP contribution in [0.15, 0.2) is 35.8 Å². The lowest BCUT2D eigenvalue weighted by molar-refractivity contribution is -0.156. The highest BCUT2D eigenvalue weighted by Crippen LogP contribution is 2.36. The van der Waals surface area contributed by atoms with Crippen LogP contribution < -0.4 is 10.6 Å². The summed E-state index contributed by atoms with van der Waals surface area (Å²) in [6, 6.07) is 3.27. The monoisotopic (exact) mass is 613 g/mol. The van der Waals surface area contributed by atoms with Gasteiger partial charge in [0.25, 0.3) is 11.8 Å². The average Bonchev–Trinajstić information content (AvgIpc) is 3.79. The summed E-state index contributed by atoms with van der Waals surface area (Å²) >= 11 is 1.25. The molecule has 3 fully saturated rings. The van der Waals surface area contributed by atoms with E-state index in [1.54, 1.807) is 47.5 Å². The van der Waals surface area contributed by atoms with Gasteiger partial charge in [-0.2, -0.15) is 0 Å². The normalized spacial score (nSPS) is 27.1. The predicted octanol–water partition coefficient (Wildman–Crippen LogP) is 1.16. The van der Waals surface area contributed by atoms with Gasteiger partial charge in [0, 0.05) is 63.1 Å². The highest BCUT2D eigenvalue weighted by atomic mass is 32.1. The van der Waals surface area contributed by atoms with E-state index in [0.717, 1.165) is 0 Å². The fourth-order valence-corrected chi connectivity index (χ4v) is 7.23. The zero-order valence-corrected chi connectivity index (χ0v) is 24.5. The molecule has 14 heteroatoms. The number of aryl methyl sites for hydroxylation is 1. The number of carbonyl (C=O) groups is 6. The van der Waals surface area contributed by atoms with Crippen LogP contribution in [0, 0.1) is 11.8 Å². The standard InChI is InChI=1S/C29H35N5O8S/c1-32-10-4-8-20(32)24(35)30-16-12-21(28(39)40)33(14-16)26(37)18-6-2-3-7-19(18)27(38)34-15-17(13-22(34)29(41)42)31-25(36)23-9-5-11-43-23/h4-5,8-11,16-19,21-22H,2-3,6-7,12-15H2,1H3,(H,30,35)(H,31,36)(H,39,40)(H,41,42)/t16-,17-,18+,19+,21-,22-/m0/s1. The van der Waals surface area contributed by atoms with Crippen LogP contribution in [0.5, 0.6) is 0 Å². The Kier molecular flexibility index (Phi) is 8.85. The van der Waals surface area contributed by atoms with Gasteiger partial charge in [-0.05, 0) is 36.4 Å². The maximum absolute atomic E-state index is 13.9. The lowest BCUT2D eigenvalue weighted by Crippen LogP contribution is -2.51. The summed E-state index contributed by atoms with van der Waals surface area (Å²) in [4.78, 5) is 80.5. The van der Waals surface area contributed by atoms with Crippen molar-refractivity contribution < 1.29 is 39.0 Å². The molecule has 4 heterocycles. The van der Waals surface area contributed by atoms with E-state index in [1.165, 1.54) is 21.1 Å². The molecular formula is C29H35N5O8S. The number of nitrogens with zero attached hydrogens (tertiary/aromatic N) is 3. The quantitative estimate of drug-likeness (QED) is 0.343. The van der Waals surface area contributed by atoms with E-state index in [4.69, 9.17) is 0 Å². The number of amides is 4. The van der Waals surface area contributed by atoms with E-state index in [-0.39, 0.29) is 37.7 Å². The summed E-state index contributed by atoms with van der Waals surface area (Å²) in [6.45, 7) is -0.0132. The Labute approximate surface area is 251 Å². The van der Waals surface area contributed by atoms with Crippen LogP contribution in [0.1, 0.15) is 58.7 Å². The summed E-state index contributed by atoms with van der Waals surface area (Å²) in [5.74, 6) is -5.70. The van der Waals surface area contributed by atoms with Crippen LogP contribution in [0.3, 0.4) is 0 Å². The fourth-order valence-electron chi connectivity index (χ4n) is 6.61. The van der Waals surface area contributed by atoms with Crippen LogP contribution in [-0.2, 0) is 26.2 Å². The van der Waals surface area contributed by atoms with Crippen LogP contribution >= 0.6 is 11.3 Å². The van der Waals surface area contributed by atoms with Crippen LogP contribution in [0.4, 0.5) is 0 Å². The van der Waals surface area contributed by atoms with Crippen molar-refractivity contribution in [3.8, 4) is 0 Å². The number of carboxylic acids is 2. The molecule has 43 heavy (non-hydrogen) atoms. The summed E-state index contributed by atoms with van der Waals surface area (Å²) in [5, 5.41) is 27.3. The van der Waals surface area contributed by atoms with E-state index in [9.17, 15) is 39.0 Å². The molecule has 4 amide bonds. The Morgan fingerprint density at radius 2 is 1.33 bits per heavy atom. The molecule has 0 radical (unpaired) electrons. The van der Waals surface area contributed by atoms with Crippen molar-refractivity contribution in [3.05, 3.63) is 46.4 Å². The second-order valence-corrected chi connectivity index (χ2v) is 12.4. The lowest BCUT2D eigenvalue weighted by atomic mass is 9.77. The molecule has 2 aliphatic heterocycles. The minimum atomic E-state index is -1.20. The van der Waals surface area contributed by atoms with Crippen molar-refractivity contribution in [1.82, 2.24) is 25.0 Å². The molecule has 2 aromatic heterocycles. The van der Waals surface area contributed by atoms with Gasteiger partial charge in [-0.3, -0.25) is 19.2 Å². The average molecular weight is 614 g/mol. The number of hydrogen-bond acceptors (Lipinski definition) is 7. The molecule has 0 aromatic carbocycles. The SMILES string of the molecule is Cn1cccc1C(=O)N[C@H]1C[C@@H](C(=O)O)N(C(=O)[C@@H]2CCCC[C@H]2C(=O)N2C[C@@H](NC(=O)c3cccs3)C[C@H]2C(=O)O)C1. The van der Waals surface area contributed by atoms with Gasteiger partial charge in [0.15, 0.2) is 0 Å². The van der Waals surface area contributed by atoms with Crippen LogP contribution in [-0.4, -0.2) is 97.4 Å². The minimum Gasteiger partial charge on any atom is -0.480 e. The molecule has 4 N–H and O–H groups in total. The Morgan fingerprint density at radius 1 is 0.791 bits per heavy atom. The lowest BCUT2D eigenvalue weighted by Gasteiger charge is -2.36. The van der Waals surface area contributed by atoms with Crippen molar-refractivity contribution >= 4 is 46.9 Å². The number of aliphatic carboxylic acids is 2. The van der Waals surface area contributed by atoms with E-state index in [1.807, 2.05) is 0 Å². The number of hydrogen-bond donors (Lipinski definition) is 4. The van der Waals surface area contributed by atoms with Gasteiger partial charge < -0.3 is 35.2 Å². The van der Waals surface area contributed by atoms with Gasteiger partial charge in [-0.15, -0.1) is 11.3 Å². The number of likely N-dealkylation sites (tertiary alicyclic amines) is 2. The number of carboxylic acid groups (broad SMARTS) is 2. The van der Waals surface area contributed by atoms with Crippen molar-refractivity contribution in [2.45, 2.75) is 62.7 Å². The van der Waals surface area contributed by atoms with Gasteiger partial charge in [0.1, 0.15) is 17.8 Å². The van der Waals surface area contributed by atoms with E-state index < -0.39 is 59.8 Å². The van der Waals surface area contributed by atoms with Crippen molar-refractivity contribution in [1.29, 1.82) is 0 Å². The van der Waals surface area contributed by atoms with Gasteiger partial charge in [-0.25, -0.2) is 9.59 Å². The molecular weight excluding hydrogens is 578 g/mol. The number of nitrogens with one attached hydrogen (secondary N) is 2. The number of carbonyl (C=O) groups excluding carboxylic acids is 4. The third-order valence-corrected chi connectivity index (χ3v) is 9.60. The first kappa shape index (κ1) is 30.3. The highest BCUT2D eigenvalue weighted by molar-refractivity contribution is 7.12. The van der Waals surface area contributed by atoms with Gasteiger partial charge >= 0.3 is 11.9 Å². The molecule has 3 aliphatic rings. The number of aromatic nitrogens is 1. The van der Waals surface area contributed by atoms with Gasteiger partial charge in [0.2, 0.25) is 11.8 Å². The number of rotatable bonds is 8. The molecule has 230 valence electrons. The van der Waals surface area contributed by atoms with Crippen molar-refractivity contribution in [2.75, 3.05) is 13.1 Å². The first-order chi connectivity index (χ1) is 20.5. The number of thiophene rings is 1. The minimum absolute atomic E-state index is 0.000941. The van der Waals surface area contributed by atoms with Crippen LogP contribution in [0.25, 0.3) is 0 Å². The Bertz CT molecular complexity index is 1410. The maximum Gasteiger partial charge on any atom is 0.326 e. The Balaban J connectivity index is 1.30. The van der Waals surface area contributed by atoms with E-state index in [0.29, 0.717) is 36.3 Å². The molecule has 13 nitrogen and oxygen atoms in total. The third kappa shape index (κ3) is 6.28. The summed E-state index contributed by atoms with van der Waals surface area (Å²) in [7, 11) is 1.72. The van der Waals surface area contributed by atoms with Crippen molar-refractivity contribution in [2.24, 2.45) is 18.9 Å². The Hall–Kier alpha value is -4.20. The second kappa shape index (κ2) is 12.6. The summed E-state index contributed by atoms with van der Waals surface area (Å²) < 4.78 is 1.64. The zero-order valence-electron chi connectivity index (χ0n) is 23.7. The molecule has 5 rings (SSSR count). The topological polar surface area (TPSA) is 178 Å². The molecule has 0 bridgehead atoms. The maximum atomic E-state index is 13.9. The Morgan fingerprint density at radius 3 is 1.77 bits per heavy atom. The molecule has 2 aromatic rings. The van der Waals surface area contributed by atoms with Gasteiger partial charge in [0.05, 0.1) is 4.88 Å². The highest BCUT2D eigenvalue weighted by Gasteiger charge is 2.49. The predicted molar refractivity (Wildman–Crippen MR) is 153 cm³/mol. The second-order valence-electron chi connectivity index (χ2n) is 11.5. The molecule has 2 saturated heterocycles. The summed E-state index contributed by atoms with van der Waals surface area (Å²) in [5.41, 5.74) is 0.401. The molecule has 1 aliphatic carbocycles. The first-order valence-corrected chi connectivity index (χ1v) is 15.3. The zero-order chi connectivity index (χ0) is 30.8. The van der Waals surface area contributed by atoms with E-state index in [2.05, 4.69) is 10.6 Å². The third-order valence-electron chi connectivity index (χ3n) is 8.73. The summed E-state index contributed by atoms with van der Waals surface area (Å²) in [6.07, 6.45) is 3.85. The molecule has 6 atom stereocenters. The van der Waals surface area contributed by atoms with Crippen molar-refractivity contribution in [3.63, 3.8) is 0 Å². The molecule has 1 saturated carbocycles. The molecule has 0 unspecified atom stereocenters. The smallest absolute Gasteiger partial charge is 0.326 e. The van der Waals surface area contributed by atoms with Crippen LogP contribution in [0.2, 0.25) is 0 Å². The van der Waals surface area contributed by atoms with E-state index >= 15 is 0 Å². The largest absolute Gasteiger partial charge is 0.480 e. The fraction of sp³-hybridized carbons (Fsp3) is 0.517. The molecule has 0 spiro atoms.